The summed E-state index contributed by atoms with van der Waals surface area (Å²) in [4.78, 5) is 0. The molecule has 0 aliphatic rings. The minimum atomic E-state index is -3.86. The van der Waals surface area contributed by atoms with Gasteiger partial charge in [0.2, 0.25) is 0 Å². The van der Waals surface area contributed by atoms with Crippen LogP contribution in [0.15, 0.2) is 0 Å². The molecule has 0 heterocycles. The van der Waals surface area contributed by atoms with Crippen LogP contribution < -0.4 is 0 Å². The third kappa shape index (κ3) is 4.34. The molecular formula is C9H21NO5S. The quantitative estimate of drug-likeness (QED) is 0.547. The summed E-state index contributed by atoms with van der Waals surface area (Å²) in [5.41, 5.74) is -3.25. The van der Waals surface area contributed by atoms with Crippen LogP contribution in [-0.2, 0) is 14.4 Å². The van der Waals surface area contributed by atoms with Crippen molar-refractivity contribution in [3.05, 3.63) is 0 Å². The fourth-order valence-corrected chi connectivity index (χ4v) is 1.79. The Morgan fingerprint density at radius 1 is 1.06 bits per heavy atom. The maximum absolute atomic E-state index is 11.5. The highest BCUT2D eigenvalue weighted by molar-refractivity contribution is 7.87. The lowest BCUT2D eigenvalue weighted by atomic mass is 10.2. The van der Waals surface area contributed by atoms with Crippen LogP contribution in [0, 0.1) is 0 Å². The first-order chi connectivity index (χ1) is 6.78. The van der Waals surface area contributed by atoms with Gasteiger partial charge in [0.25, 0.3) is 10.1 Å². The molecule has 98 valence electrons. The molecule has 0 aromatic heterocycles. The van der Waals surface area contributed by atoms with Crippen molar-refractivity contribution >= 4 is 10.1 Å². The summed E-state index contributed by atoms with van der Waals surface area (Å²) < 4.78 is 27.8. The van der Waals surface area contributed by atoms with Crippen molar-refractivity contribution in [1.82, 2.24) is 5.06 Å². The van der Waals surface area contributed by atoms with Crippen molar-refractivity contribution in [2.75, 3.05) is 0 Å². The number of aliphatic hydroxyl groups is 2. The van der Waals surface area contributed by atoms with Crippen molar-refractivity contribution in [3.8, 4) is 0 Å². The predicted octanol–water partition coefficient (Wildman–Crippen LogP) is 0.415. The van der Waals surface area contributed by atoms with E-state index in [2.05, 4.69) is 0 Å². The summed E-state index contributed by atoms with van der Waals surface area (Å²) in [7, 11) is -3.86. The van der Waals surface area contributed by atoms with Gasteiger partial charge in [0.15, 0.2) is 0 Å². The predicted molar refractivity (Wildman–Crippen MR) is 59.6 cm³/mol. The van der Waals surface area contributed by atoms with E-state index < -0.39 is 26.8 Å². The van der Waals surface area contributed by atoms with E-state index in [1.54, 1.807) is 0 Å². The summed E-state index contributed by atoms with van der Waals surface area (Å²) in [5.74, 6) is 0. The number of nitrogens with zero attached hydrogens (tertiary/aromatic N) is 1. The third-order valence-electron chi connectivity index (χ3n) is 1.75. The molecule has 0 fully saturated rings. The average molecular weight is 255 g/mol. The van der Waals surface area contributed by atoms with E-state index in [1.807, 2.05) is 0 Å². The summed E-state index contributed by atoms with van der Waals surface area (Å²) >= 11 is 0. The molecule has 0 aliphatic heterocycles. The Morgan fingerprint density at radius 2 is 1.38 bits per heavy atom. The van der Waals surface area contributed by atoms with Crippen LogP contribution in [0.2, 0.25) is 0 Å². The lowest BCUT2D eigenvalue weighted by Crippen LogP contribution is -2.56. The second-order valence-corrected chi connectivity index (χ2v) is 6.98. The normalized spacial score (nSPS) is 14.9. The Labute approximate surface area is 96.9 Å². The third-order valence-corrected chi connectivity index (χ3v) is 3.26. The van der Waals surface area contributed by atoms with Gasteiger partial charge in [-0.25, -0.2) is 0 Å². The molecule has 2 N–H and O–H groups in total. The van der Waals surface area contributed by atoms with Crippen molar-refractivity contribution in [2.24, 2.45) is 0 Å². The Morgan fingerprint density at radius 3 is 1.56 bits per heavy atom. The molecule has 0 aromatic carbocycles. The van der Waals surface area contributed by atoms with Crippen molar-refractivity contribution in [1.29, 1.82) is 0 Å². The van der Waals surface area contributed by atoms with E-state index in [-0.39, 0.29) is 0 Å². The molecule has 0 bridgehead atoms. The highest BCUT2D eigenvalue weighted by Gasteiger charge is 2.40. The first kappa shape index (κ1) is 15.8. The standard InChI is InChI=1S/C9H21NO5S/c1-7(2)16(13,14)15-10(8(3,4)11)9(5,6)12/h7,11-12H,1-6H3. The molecule has 0 aliphatic carbocycles. The lowest BCUT2D eigenvalue weighted by molar-refractivity contribution is -0.320. The second kappa shape index (κ2) is 4.58. The van der Waals surface area contributed by atoms with Crippen LogP contribution in [0.25, 0.3) is 0 Å². The average Bonchev–Trinajstić information content (AvgIpc) is 1.95. The molecule has 7 heteroatoms. The zero-order valence-electron chi connectivity index (χ0n) is 10.6. The van der Waals surface area contributed by atoms with E-state index in [9.17, 15) is 18.6 Å². The Bertz CT molecular complexity index is 309. The fraction of sp³-hybridized carbons (Fsp3) is 1.00. The van der Waals surface area contributed by atoms with Gasteiger partial charge in [-0.1, -0.05) is 0 Å². The number of hydrogen-bond acceptors (Lipinski definition) is 6. The minimum Gasteiger partial charge on any atom is -0.374 e. The van der Waals surface area contributed by atoms with Crippen molar-refractivity contribution in [3.63, 3.8) is 0 Å². The fourth-order valence-electron chi connectivity index (χ4n) is 1.04. The van der Waals surface area contributed by atoms with Gasteiger partial charge in [0.05, 0.1) is 5.25 Å². The Balaban J connectivity index is 5.15. The highest BCUT2D eigenvalue weighted by Crippen LogP contribution is 2.24. The van der Waals surface area contributed by atoms with E-state index in [4.69, 9.17) is 4.28 Å². The molecule has 6 nitrogen and oxygen atoms in total. The van der Waals surface area contributed by atoms with Gasteiger partial charge in [-0.05, 0) is 41.5 Å². The summed E-state index contributed by atoms with van der Waals surface area (Å²) in [6, 6.07) is 0. The van der Waals surface area contributed by atoms with E-state index in [0.29, 0.717) is 5.06 Å². The molecule has 0 unspecified atom stereocenters. The van der Waals surface area contributed by atoms with Gasteiger partial charge >= 0.3 is 0 Å². The number of hydrogen-bond donors (Lipinski definition) is 2. The van der Waals surface area contributed by atoms with Gasteiger partial charge in [-0.15, -0.1) is 5.06 Å². The molecule has 0 spiro atoms. The number of rotatable bonds is 5. The summed E-state index contributed by atoms with van der Waals surface area (Å²) in [6.45, 7) is 8.17. The first-order valence-corrected chi connectivity index (χ1v) is 6.44. The van der Waals surface area contributed by atoms with Crippen LogP contribution in [0.1, 0.15) is 41.5 Å². The number of hydroxylamine groups is 2. The minimum absolute atomic E-state index is 0.648. The summed E-state index contributed by atoms with van der Waals surface area (Å²) in [6.07, 6.45) is 0. The zero-order valence-corrected chi connectivity index (χ0v) is 11.4. The van der Waals surface area contributed by atoms with Crippen LogP contribution in [0.5, 0.6) is 0 Å². The van der Waals surface area contributed by atoms with E-state index >= 15 is 0 Å². The van der Waals surface area contributed by atoms with Gasteiger partial charge in [-0.3, -0.25) is 0 Å². The van der Waals surface area contributed by atoms with E-state index in [0.717, 1.165) is 0 Å². The monoisotopic (exact) mass is 255 g/mol. The van der Waals surface area contributed by atoms with E-state index in [1.165, 1.54) is 41.5 Å². The molecule has 0 aromatic rings. The molecule has 16 heavy (non-hydrogen) atoms. The Hall–Kier alpha value is -0.210. The van der Waals surface area contributed by atoms with Gasteiger partial charge in [0.1, 0.15) is 11.4 Å². The topological polar surface area (TPSA) is 87.1 Å². The zero-order chi connectivity index (χ0) is 13.4. The Kier molecular flexibility index (Phi) is 4.52. The van der Waals surface area contributed by atoms with Crippen LogP contribution in [0.4, 0.5) is 0 Å². The maximum atomic E-state index is 11.5. The molecule has 0 rings (SSSR count). The molecular weight excluding hydrogens is 234 g/mol. The molecule has 0 radical (unpaired) electrons. The van der Waals surface area contributed by atoms with Crippen molar-refractivity contribution < 1.29 is 22.9 Å². The first-order valence-electron chi connectivity index (χ1n) is 4.97. The molecule has 0 saturated heterocycles. The van der Waals surface area contributed by atoms with Crippen molar-refractivity contribution in [2.45, 2.75) is 58.2 Å². The maximum Gasteiger partial charge on any atom is 0.285 e. The van der Waals surface area contributed by atoms with Gasteiger partial charge in [-0.2, -0.15) is 12.7 Å². The smallest absolute Gasteiger partial charge is 0.285 e. The van der Waals surface area contributed by atoms with Crippen LogP contribution >= 0.6 is 0 Å². The SMILES string of the molecule is CC(C)S(=O)(=O)ON(C(C)(C)O)C(C)(C)O. The van der Waals surface area contributed by atoms with Gasteiger partial charge in [0, 0.05) is 0 Å². The van der Waals surface area contributed by atoms with Crippen LogP contribution in [0.3, 0.4) is 0 Å². The largest absolute Gasteiger partial charge is 0.374 e. The summed E-state index contributed by atoms with van der Waals surface area (Å²) in [5, 5.41) is 19.4. The molecule has 0 atom stereocenters. The van der Waals surface area contributed by atoms with Gasteiger partial charge < -0.3 is 10.2 Å². The highest BCUT2D eigenvalue weighted by atomic mass is 32.2. The molecule has 0 amide bonds. The van der Waals surface area contributed by atoms with Crippen LogP contribution in [-0.4, -0.2) is 40.4 Å². The lowest BCUT2D eigenvalue weighted by Gasteiger charge is -2.40. The second-order valence-electron chi connectivity index (χ2n) is 4.90. The molecule has 0 saturated carbocycles.